The van der Waals surface area contributed by atoms with Gasteiger partial charge in [-0.2, -0.15) is 0 Å². The third-order valence-electron chi connectivity index (χ3n) is 2.79. The first-order chi connectivity index (χ1) is 9.61. The van der Waals surface area contributed by atoms with Crippen LogP contribution in [0, 0.1) is 0 Å². The minimum Gasteiger partial charge on any atom is -0.467 e. The van der Waals surface area contributed by atoms with Gasteiger partial charge in [0.15, 0.2) is 6.04 Å². The maximum Gasteiger partial charge on any atom is 0.333 e. The Hall–Kier alpha value is -1.71. The highest BCUT2D eigenvalue weighted by Crippen LogP contribution is 2.29. The van der Waals surface area contributed by atoms with Gasteiger partial charge in [-0.15, -0.1) is 0 Å². The summed E-state index contributed by atoms with van der Waals surface area (Å²) in [4.78, 5) is 12.0. The van der Waals surface area contributed by atoms with Crippen LogP contribution in [-0.4, -0.2) is 13.1 Å². The van der Waals surface area contributed by atoms with Crippen LogP contribution in [0.4, 0.5) is 5.69 Å². The van der Waals surface area contributed by atoms with Gasteiger partial charge in [-0.05, 0) is 30.3 Å². The lowest BCUT2D eigenvalue weighted by atomic mass is 10.1. The average molecular weight is 310 g/mol. The summed E-state index contributed by atoms with van der Waals surface area (Å²) < 4.78 is 4.83. The zero-order chi connectivity index (χ0) is 14.5. The Labute approximate surface area is 127 Å². The standard InChI is InChI=1S/C15H13Cl2NO2/c1-20-15(19)14(18-11-5-3-2-4-6-11)12-9-10(16)7-8-13(12)17/h2-9,14,18H,1H3. The molecule has 0 heterocycles. The number of benzene rings is 2. The monoisotopic (exact) mass is 309 g/mol. The zero-order valence-corrected chi connectivity index (χ0v) is 12.3. The lowest BCUT2D eigenvalue weighted by molar-refractivity contribution is -0.141. The van der Waals surface area contributed by atoms with Crippen molar-refractivity contribution in [2.45, 2.75) is 6.04 Å². The van der Waals surface area contributed by atoms with E-state index in [1.165, 1.54) is 7.11 Å². The molecule has 0 saturated carbocycles. The van der Waals surface area contributed by atoms with Crippen molar-refractivity contribution in [1.29, 1.82) is 0 Å². The molecule has 0 saturated heterocycles. The van der Waals surface area contributed by atoms with Gasteiger partial charge < -0.3 is 10.1 Å². The van der Waals surface area contributed by atoms with E-state index < -0.39 is 12.0 Å². The van der Waals surface area contributed by atoms with Crippen LogP contribution in [-0.2, 0) is 9.53 Å². The number of rotatable bonds is 4. The Balaban J connectivity index is 2.37. The topological polar surface area (TPSA) is 38.3 Å². The third kappa shape index (κ3) is 3.44. The Kier molecular flexibility index (Phi) is 4.88. The van der Waals surface area contributed by atoms with E-state index in [0.29, 0.717) is 15.6 Å². The third-order valence-corrected chi connectivity index (χ3v) is 3.37. The van der Waals surface area contributed by atoms with E-state index in [4.69, 9.17) is 27.9 Å². The van der Waals surface area contributed by atoms with Gasteiger partial charge in [0.2, 0.25) is 0 Å². The summed E-state index contributed by atoms with van der Waals surface area (Å²) in [5, 5.41) is 4.06. The number of hydrogen-bond acceptors (Lipinski definition) is 3. The van der Waals surface area contributed by atoms with Crippen molar-refractivity contribution in [1.82, 2.24) is 0 Å². The van der Waals surface area contributed by atoms with Crippen LogP contribution >= 0.6 is 23.2 Å². The number of nitrogens with one attached hydrogen (secondary N) is 1. The molecule has 2 rings (SSSR count). The molecule has 0 aliphatic heterocycles. The second-order valence-electron chi connectivity index (χ2n) is 4.13. The summed E-state index contributed by atoms with van der Waals surface area (Å²) in [6, 6.07) is 13.6. The molecule has 0 spiro atoms. The van der Waals surface area contributed by atoms with Crippen LogP contribution in [0.25, 0.3) is 0 Å². The minimum atomic E-state index is -0.714. The van der Waals surface area contributed by atoms with E-state index in [9.17, 15) is 4.79 Å². The van der Waals surface area contributed by atoms with Crippen molar-refractivity contribution in [2.75, 3.05) is 12.4 Å². The summed E-state index contributed by atoms with van der Waals surface area (Å²) >= 11 is 12.1. The maximum atomic E-state index is 12.0. The number of halogens is 2. The lowest BCUT2D eigenvalue weighted by Crippen LogP contribution is -2.22. The lowest BCUT2D eigenvalue weighted by Gasteiger charge is -2.19. The molecule has 1 atom stereocenters. The van der Waals surface area contributed by atoms with Gasteiger partial charge in [0.05, 0.1) is 7.11 Å². The Morgan fingerprint density at radius 1 is 1.15 bits per heavy atom. The predicted octanol–water partition coefficient (Wildman–Crippen LogP) is 4.32. The molecule has 0 bridgehead atoms. The summed E-state index contributed by atoms with van der Waals surface area (Å²) in [6.07, 6.45) is 0. The quantitative estimate of drug-likeness (QED) is 0.855. The van der Waals surface area contributed by atoms with E-state index in [0.717, 1.165) is 5.69 Å². The van der Waals surface area contributed by atoms with Gasteiger partial charge in [0, 0.05) is 21.3 Å². The fourth-order valence-electron chi connectivity index (χ4n) is 1.82. The molecule has 3 nitrogen and oxygen atoms in total. The smallest absolute Gasteiger partial charge is 0.333 e. The fourth-order valence-corrected chi connectivity index (χ4v) is 2.23. The highest BCUT2D eigenvalue weighted by molar-refractivity contribution is 6.33. The van der Waals surface area contributed by atoms with Crippen LogP contribution in [0.2, 0.25) is 10.0 Å². The second kappa shape index (κ2) is 6.64. The number of hydrogen-bond donors (Lipinski definition) is 1. The van der Waals surface area contributed by atoms with Gasteiger partial charge in [-0.25, -0.2) is 4.79 Å². The Morgan fingerprint density at radius 3 is 2.50 bits per heavy atom. The van der Waals surface area contributed by atoms with Crippen LogP contribution in [0.15, 0.2) is 48.5 Å². The predicted molar refractivity (Wildman–Crippen MR) is 81.3 cm³/mol. The molecule has 0 aliphatic rings. The average Bonchev–Trinajstić information content (AvgIpc) is 2.48. The first-order valence-electron chi connectivity index (χ1n) is 5.96. The maximum absolute atomic E-state index is 12.0. The summed E-state index contributed by atoms with van der Waals surface area (Å²) in [7, 11) is 1.33. The molecule has 104 valence electrons. The number of methoxy groups -OCH3 is 1. The largest absolute Gasteiger partial charge is 0.467 e. The molecular weight excluding hydrogens is 297 g/mol. The molecule has 2 aromatic carbocycles. The van der Waals surface area contributed by atoms with Crippen LogP contribution in [0.3, 0.4) is 0 Å². The fraction of sp³-hybridized carbons (Fsp3) is 0.133. The molecule has 0 radical (unpaired) electrons. The number of para-hydroxylation sites is 1. The van der Waals surface area contributed by atoms with Crippen molar-refractivity contribution < 1.29 is 9.53 Å². The molecule has 0 amide bonds. The number of esters is 1. The zero-order valence-electron chi connectivity index (χ0n) is 10.8. The number of carbonyl (C=O) groups is 1. The van der Waals surface area contributed by atoms with E-state index in [1.807, 2.05) is 30.3 Å². The Bertz CT molecular complexity index is 602. The number of ether oxygens (including phenoxy) is 1. The van der Waals surface area contributed by atoms with E-state index >= 15 is 0 Å². The van der Waals surface area contributed by atoms with Gasteiger partial charge in [0.25, 0.3) is 0 Å². The van der Waals surface area contributed by atoms with Crippen LogP contribution in [0.1, 0.15) is 11.6 Å². The van der Waals surface area contributed by atoms with Crippen molar-refractivity contribution in [3.05, 3.63) is 64.1 Å². The molecule has 20 heavy (non-hydrogen) atoms. The highest BCUT2D eigenvalue weighted by atomic mass is 35.5. The molecule has 0 fully saturated rings. The number of carbonyl (C=O) groups excluding carboxylic acids is 1. The SMILES string of the molecule is COC(=O)C(Nc1ccccc1)c1cc(Cl)ccc1Cl. The van der Waals surface area contributed by atoms with Crippen molar-refractivity contribution in [3.8, 4) is 0 Å². The van der Waals surface area contributed by atoms with E-state index in [2.05, 4.69) is 5.32 Å². The first-order valence-corrected chi connectivity index (χ1v) is 6.72. The normalized spacial score (nSPS) is 11.8. The summed E-state index contributed by atoms with van der Waals surface area (Å²) in [5.74, 6) is -0.432. The molecular formula is C15H13Cl2NO2. The molecule has 0 aromatic heterocycles. The molecule has 5 heteroatoms. The van der Waals surface area contributed by atoms with Gasteiger partial charge in [-0.1, -0.05) is 41.4 Å². The van der Waals surface area contributed by atoms with Crippen LogP contribution in [0.5, 0.6) is 0 Å². The molecule has 2 aromatic rings. The summed E-state index contributed by atoms with van der Waals surface area (Å²) in [6.45, 7) is 0. The molecule has 1 N–H and O–H groups in total. The van der Waals surface area contributed by atoms with Gasteiger partial charge in [-0.3, -0.25) is 0 Å². The highest BCUT2D eigenvalue weighted by Gasteiger charge is 2.24. The Morgan fingerprint density at radius 2 is 1.85 bits per heavy atom. The van der Waals surface area contributed by atoms with Crippen LogP contribution < -0.4 is 5.32 Å². The molecule has 1 unspecified atom stereocenters. The number of anilines is 1. The van der Waals surface area contributed by atoms with E-state index in [-0.39, 0.29) is 0 Å². The minimum absolute atomic E-state index is 0.432. The summed E-state index contributed by atoms with van der Waals surface area (Å²) in [5.41, 5.74) is 1.37. The molecule has 0 aliphatic carbocycles. The van der Waals surface area contributed by atoms with Crippen molar-refractivity contribution in [3.63, 3.8) is 0 Å². The van der Waals surface area contributed by atoms with Gasteiger partial charge >= 0.3 is 5.97 Å². The van der Waals surface area contributed by atoms with E-state index in [1.54, 1.807) is 18.2 Å². The second-order valence-corrected chi connectivity index (χ2v) is 4.98. The first kappa shape index (κ1) is 14.7. The van der Waals surface area contributed by atoms with Crippen molar-refractivity contribution in [2.24, 2.45) is 0 Å². The van der Waals surface area contributed by atoms with Gasteiger partial charge in [0.1, 0.15) is 0 Å². The van der Waals surface area contributed by atoms with Crippen molar-refractivity contribution >= 4 is 34.9 Å².